The molecule has 6 heteroatoms. The van der Waals surface area contributed by atoms with E-state index < -0.39 is 0 Å². The zero-order valence-electron chi connectivity index (χ0n) is 13.6. The Balaban J connectivity index is 1.40. The molecular formula is C18H21N3O2S. The van der Waals surface area contributed by atoms with Crippen molar-refractivity contribution in [3.63, 3.8) is 0 Å². The van der Waals surface area contributed by atoms with Crippen LogP contribution in [0.25, 0.3) is 0 Å². The Bertz CT molecular complexity index is 717. The van der Waals surface area contributed by atoms with Gasteiger partial charge in [0.05, 0.1) is 24.4 Å². The molecular weight excluding hydrogens is 322 g/mol. The Morgan fingerprint density at radius 3 is 2.96 bits per heavy atom. The maximum Gasteiger partial charge on any atom is 0.253 e. The van der Waals surface area contributed by atoms with Crippen LogP contribution in [-0.2, 0) is 24.5 Å². The van der Waals surface area contributed by atoms with E-state index in [-0.39, 0.29) is 5.91 Å². The van der Waals surface area contributed by atoms with Crippen LogP contribution in [-0.4, -0.2) is 46.9 Å². The fourth-order valence-electron chi connectivity index (χ4n) is 3.36. The third-order valence-electron chi connectivity index (χ3n) is 4.71. The molecule has 1 aromatic carbocycles. The van der Waals surface area contributed by atoms with Gasteiger partial charge in [-0.05, 0) is 29.7 Å². The topological polar surface area (TPSA) is 45.7 Å². The van der Waals surface area contributed by atoms with Crippen LogP contribution in [0.2, 0.25) is 0 Å². The van der Waals surface area contributed by atoms with Gasteiger partial charge in [-0.25, -0.2) is 4.98 Å². The molecule has 5 nitrogen and oxygen atoms in total. The van der Waals surface area contributed by atoms with E-state index in [1.807, 2.05) is 28.6 Å². The van der Waals surface area contributed by atoms with Crippen molar-refractivity contribution in [2.45, 2.75) is 26.2 Å². The molecule has 126 valence electrons. The van der Waals surface area contributed by atoms with Crippen LogP contribution in [0.1, 0.15) is 33.6 Å². The van der Waals surface area contributed by atoms with Gasteiger partial charge in [0.25, 0.3) is 5.91 Å². The summed E-state index contributed by atoms with van der Waals surface area (Å²) in [5, 5.41) is 2.10. The van der Waals surface area contributed by atoms with E-state index in [1.54, 1.807) is 11.3 Å². The van der Waals surface area contributed by atoms with E-state index in [1.165, 1.54) is 5.56 Å². The first kappa shape index (κ1) is 15.7. The molecule has 0 saturated carbocycles. The predicted molar refractivity (Wildman–Crippen MR) is 92.8 cm³/mol. The Kier molecular flexibility index (Phi) is 4.60. The fraction of sp³-hybridized carbons (Fsp3) is 0.444. The number of thiazole rings is 1. The summed E-state index contributed by atoms with van der Waals surface area (Å²) in [5.74, 6) is 0.139. The molecule has 0 unspecified atom stereocenters. The summed E-state index contributed by atoms with van der Waals surface area (Å²) < 4.78 is 5.44. The second-order valence-corrected chi connectivity index (χ2v) is 7.10. The van der Waals surface area contributed by atoms with Crippen molar-refractivity contribution in [3.05, 3.63) is 51.5 Å². The van der Waals surface area contributed by atoms with Gasteiger partial charge in [0.2, 0.25) is 0 Å². The van der Waals surface area contributed by atoms with Crippen molar-refractivity contribution < 1.29 is 9.53 Å². The van der Waals surface area contributed by atoms with Crippen molar-refractivity contribution in [2.75, 3.05) is 26.2 Å². The van der Waals surface area contributed by atoms with Gasteiger partial charge in [-0.15, -0.1) is 11.3 Å². The highest BCUT2D eigenvalue weighted by Gasteiger charge is 2.22. The lowest BCUT2D eigenvalue weighted by atomic mass is 10.1. The lowest BCUT2D eigenvalue weighted by Gasteiger charge is -2.22. The predicted octanol–water partition coefficient (Wildman–Crippen LogP) is 2.52. The molecule has 2 aliphatic heterocycles. The average Bonchev–Trinajstić information content (AvgIpc) is 3.22. The number of rotatable bonds is 3. The number of benzene rings is 1. The molecule has 0 spiro atoms. The number of nitrogens with zero attached hydrogens (tertiary/aromatic N) is 3. The van der Waals surface area contributed by atoms with Gasteiger partial charge in [-0.1, -0.05) is 6.07 Å². The third-order valence-corrected chi connectivity index (χ3v) is 5.35. The minimum atomic E-state index is 0.139. The van der Waals surface area contributed by atoms with E-state index in [0.29, 0.717) is 13.2 Å². The minimum absolute atomic E-state index is 0.139. The van der Waals surface area contributed by atoms with Crippen LogP contribution in [0.15, 0.2) is 29.1 Å². The van der Waals surface area contributed by atoms with E-state index >= 15 is 0 Å². The lowest BCUT2D eigenvalue weighted by molar-refractivity contribution is 0.0761. The number of hydrogen-bond donors (Lipinski definition) is 0. The van der Waals surface area contributed by atoms with Crippen molar-refractivity contribution in [2.24, 2.45) is 0 Å². The van der Waals surface area contributed by atoms with Crippen LogP contribution in [0.4, 0.5) is 0 Å². The van der Waals surface area contributed by atoms with E-state index in [4.69, 9.17) is 4.74 Å². The first-order valence-electron chi connectivity index (χ1n) is 8.38. The number of hydrogen-bond acceptors (Lipinski definition) is 5. The van der Waals surface area contributed by atoms with Crippen LogP contribution in [0, 0.1) is 0 Å². The van der Waals surface area contributed by atoms with E-state index in [9.17, 15) is 4.79 Å². The molecule has 2 aliphatic rings. The van der Waals surface area contributed by atoms with Gasteiger partial charge >= 0.3 is 0 Å². The highest BCUT2D eigenvalue weighted by Crippen LogP contribution is 2.22. The number of aromatic nitrogens is 1. The summed E-state index contributed by atoms with van der Waals surface area (Å²) in [4.78, 5) is 21.6. The van der Waals surface area contributed by atoms with Gasteiger partial charge < -0.3 is 9.64 Å². The third kappa shape index (κ3) is 3.36. The van der Waals surface area contributed by atoms with Gasteiger partial charge in [0.1, 0.15) is 0 Å². The van der Waals surface area contributed by atoms with Crippen LogP contribution in [0.3, 0.4) is 0 Å². The number of amides is 1. The van der Waals surface area contributed by atoms with Crippen LogP contribution in [0.5, 0.6) is 0 Å². The molecule has 2 aromatic rings. The molecule has 0 radical (unpaired) electrons. The molecule has 0 aliphatic carbocycles. The highest BCUT2D eigenvalue weighted by atomic mass is 32.1. The summed E-state index contributed by atoms with van der Waals surface area (Å²) in [7, 11) is 0. The molecule has 0 N–H and O–H groups in total. The van der Waals surface area contributed by atoms with Gasteiger partial charge in [-0.2, -0.15) is 0 Å². The summed E-state index contributed by atoms with van der Waals surface area (Å²) in [6.45, 7) is 5.67. The molecule has 0 bridgehead atoms. The average molecular weight is 343 g/mol. The van der Waals surface area contributed by atoms with E-state index in [0.717, 1.165) is 56.0 Å². The van der Waals surface area contributed by atoms with Crippen molar-refractivity contribution >= 4 is 17.2 Å². The van der Waals surface area contributed by atoms with Gasteiger partial charge in [-0.3, -0.25) is 9.69 Å². The molecule has 24 heavy (non-hydrogen) atoms. The van der Waals surface area contributed by atoms with Gasteiger partial charge in [0, 0.05) is 43.7 Å². The normalized spacial score (nSPS) is 18.4. The second kappa shape index (κ2) is 7.01. The molecule has 1 fully saturated rings. The smallest absolute Gasteiger partial charge is 0.253 e. The number of fused-ring (bicyclic) bond motifs is 1. The Hall–Kier alpha value is -1.76. The lowest BCUT2D eigenvalue weighted by Crippen LogP contribution is -2.35. The Labute approximate surface area is 145 Å². The number of carbonyl (C=O) groups is 1. The molecule has 1 aromatic heterocycles. The van der Waals surface area contributed by atoms with Crippen LogP contribution < -0.4 is 0 Å². The molecule has 4 rings (SSSR count). The number of carbonyl (C=O) groups excluding carboxylic acids is 1. The molecule has 1 amide bonds. The highest BCUT2D eigenvalue weighted by molar-refractivity contribution is 7.07. The van der Waals surface area contributed by atoms with Crippen molar-refractivity contribution in [1.82, 2.24) is 14.8 Å². The molecule has 0 atom stereocenters. The zero-order valence-corrected chi connectivity index (χ0v) is 14.4. The fourth-order valence-corrected chi connectivity index (χ4v) is 3.91. The van der Waals surface area contributed by atoms with Crippen molar-refractivity contribution in [1.29, 1.82) is 0 Å². The van der Waals surface area contributed by atoms with Gasteiger partial charge in [0.15, 0.2) is 0 Å². The summed E-state index contributed by atoms with van der Waals surface area (Å²) in [6, 6.07) is 5.97. The molecule has 1 saturated heterocycles. The maximum absolute atomic E-state index is 12.8. The SMILES string of the molecule is O=C(c1ccc2c(c1)COC2)N1CCCN(Cc2cscn2)CC1. The van der Waals surface area contributed by atoms with Crippen LogP contribution >= 0.6 is 11.3 Å². The Morgan fingerprint density at radius 1 is 1.17 bits per heavy atom. The summed E-state index contributed by atoms with van der Waals surface area (Å²) in [5.41, 5.74) is 6.14. The van der Waals surface area contributed by atoms with Crippen molar-refractivity contribution in [3.8, 4) is 0 Å². The minimum Gasteiger partial charge on any atom is -0.372 e. The second-order valence-electron chi connectivity index (χ2n) is 6.38. The maximum atomic E-state index is 12.8. The zero-order chi connectivity index (χ0) is 16.4. The monoisotopic (exact) mass is 343 g/mol. The standard InChI is InChI=1S/C18H21N3O2S/c22-18(14-2-3-15-10-23-11-16(15)8-14)21-5-1-4-20(6-7-21)9-17-12-24-13-19-17/h2-3,8,12-13H,1,4-7,9-11H2. The molecule has 3 heterocycles. The first-order chi connectivity index (χ1) is 11.8. The summed E-state index contributed by atoms with van der Waals surface area (Å²) >= 11 is 1.63. The first-order valence-corrected chi connectivity index (χ1v) is 9.32. The quantitative estimate of drug-likeness (QED) is 0.859. The number of ether oxygens (including phenoxy) is 1. The summed E-state index contributed by atoms with van der Waals surface area (Å²) in [6.07, 6.45) is 1.00. The van der Waals surface area contributed by atoms with E-state index in [2.05, 4.69) is 15.3 Å². The Morgan fingerprint density at radius 2 is 2.08 bits per heavy atom. The largest absolute Gasteiger partial charge is 0.372 e.